The van der Waals surface area contributed by atoms with Gasteiger partial charge in [0.15, 0.2) is 0 Å². The van der Waals surface area contributed by atoms with Crippen molar-refractivity contribution in [2.75, 3.05) is 23.3 Å². The van der Waals surface area contributed by atoms with Gasteiger partial charge in [-0.2, -0.15) is 0 Å². The maximum Gasteiger partial charge on any atom is 0.243 e. The molecule has 4 heteroatoms. The van der Waals surface area contributed by atoms with Gasteiger partial charge in [0.05, 0.1) is 17.9 Å². The Morgan fingerprint density at radius 1 is 1.60 bits per heavy atom. The largest absolute Gasteiger partial charge is 0.357 e. The van der Waals surface area contributed by atoms with Crippen molar-refractivity contribution in [2.24, 2.45) is 0 Å². The van der Waals surface area contributed by atoms with E-state index in [1.165, 1.54) is 0 Å². The van der Waals surface area contributed by atoms with Crippen molar-refractivity contribution < 1.29 is 4.79 Å². The molecule has 0 spiro atoms. The molecule has 0 bridgehead atoms. The van der Waals surface area contributed by atoms with Crippen LogP contribution in [0, 0.1) is 0 Å². The Kier molecular flexibility index (Phi) is 2.64. The standard InChI is InChI=1S/C11H11ClN2O/c1-2-5-14-7-11(15)13-9-4-3-8(12)6-10(9)14/h2-4,6H,1,5,7H2,(H,13,15). The Bertz CT molecular complexity index is 417. The lowest BCUT2D eigenvalue weighted by molar-refractivity contribution is -0.115. The van der Waals surface area contributed by atoms with Crippen LogP contribution in [0.3, 0.4) is 0 Å². The number of amides is 1. The Morgan fingerprint density at radius 2 is 2.40 bits per heavy atom. The summed E-state index contributed by atoms with van der Waals surface area (Å²) >= 11 is 5.91. The van der Waals surface area contributed by atoms with E-state index in [4.69, 9.17) is 11.6 Å². The fourth-order valence-corrected chi connectivity index (χ4v) is 1.81. The van der Waals surface area contributed by atoms with E-state index >= 15 is 0 Å². The molecule has 0 aromatic heterocycles. The van der Waals surface area contributed by atoms with Gasteiger partial charge in [-0.1, -0.05) is 17.7 Å². The van der Waals surface area contributed by atoms with Gasteiger partial charge < -0.3 is 10.2 Å². The first-order valence-electron chi connectivity index (χ1n) is 4.66. The van der Waals surface area contributed by atoms with Crippen molar-refractivity contribution in [1.82, 2.24) is 0 Å². The minimum Gasteiger partial charge on any atom is -0.357 e. The van der Waals surface area contributed by atoms with Crippen molar-refractivity contribution in [3.8, 4) is 0 Å². The summed E-state index contributed by atoms with van der Waals surface area (Å²) in [5.41, 5.74) is 1.75. The van der Waals surface area contributed by atoms with Crippen LogP contribution in [0.1, 0.15) is 0 Å². The number of halogens is 1. The first-order valence-corrected chi connectivity index (χ1v) is 5.04. The van der Waals surface area contributed by atoms with Crippen molar-refractivity contribution in [1.29, 1.82) is 0 Å². The molecule has 2 rings (SSSR count). The van der Waals surface area contributed by atoms with Crippen LogP contribution in [-0.4, -0.2) is 19.0 Å². The summed E-state index contributed by atoms with van der Waals surface area (Å²) in [7, 11) is 0. The first-order chi connectivity index (χ1) is 7.20. The Balaban J connectivity index is 2.42. The van der Waals surface area contributed by atoms with Crippen LogP contribution in [0.25, 0.3) is 0 Å². The van der Waals surface area contributed by atoms with Crippen LogP contribution in [0.5, 0.6) is 0 Å². The van der Waals surface area contributed by atoms with Gasteiger partial charge in [0, 0.05) is 11.6 Å². The Labute approximate surface area is 93.3 Å². The van der Waals surface area contributed by atoms with Crippen LogP contribution in [-0.2, 0) is 4.79 Å². The topological polar surface area (TPSA) is 32.3 Å². The Hall–Kier alpha value is -1.48. The predicted molar refractivity (Wildman–Crippen MR) is 62.5 cm³/mol. The van der Waals surface area contributed by atoms with Crippen molar-refractivity contribution >= 4 is 28.9 Å². The summed E-state index contributed by atoms with van der Waals surface area (Å²) in [5.74, 6) is -0.00771. The molecule has 1 amide bonds. The van der Waals surface area contributed by atoms with Gasteiger partial charge >= 0.3 is 0 Å². The fraction of sp³-hybridized carbons (Fsp3) is 0.182. The molecule has 0 unspecified atom stereocenters. The van der Waals surface area contributed by atoms with Gasteiger partial charge in [-0.15, -0.1) is 6.58 Å². The molecule has 15 heavy (non-hydrogen) atoms. The number of carbonyl (C=O) groups excluding carboxylic acids is 1. The number of fused-ring (bicyclic) bond motifs is 1. The molecular formula is C11H11ClN2O. The number of hydrogen-bond acceptors (Lipinski definition) is 2. The molecule has 1 aliphatic rings. The summed E-state index contributed by atoms with van der Waals surface area (Å²) in [6.45, 7) is 4.66. The first kappa shape index (κ1) is 10.1. The van der Waals surface area contributed by atoms with Crippen LogP contribution >= 0.6 is 11.6 Å². The van der Waals surface area contributed by atoms with Gasteiger partial charge in [0.2, 0.25) is 5.91 Å². The molecule has 3 nitrogen and oxygen atoms in total. The monoisotopic (exact) mass is 222 g/mol. The average molecular weight is 223 g/mol. The molecule has 1 aromatic rings. The maximum absolute atomic E-state index is 11.4. The van der Waals surface area contributed by atoms with Gasteiger partial charge in [-0.3, -0.25) is 4.79 Å². The van der Waals surface area contributed by atoms with E-state index in [1.807, 2.05) is 17.0 Å². The summed E-state index contributed by atoms with van der Waals surface area (Å²) in [6.07, 6.45) is 1.77. The second kappa shape index (κ2) is 3.95. The van der Waals surface area contributed by atoms with E-state index < -0.39 is 0 Å². The molecule has 0 radical (unpaired) electrons. The van der Waals surface area contributed by atoms with Crippen LogP contribution in [0.15, 0.2) is 30.9 Å². The highest BCUT2D eigenvalue weighted by atomic mass is 35.5. The molecule has 1 N–H and O–H groups in total. The third kappa shape index (κ3) is 1.97. The minimum absolute atomic E-state index is 0.00771. The van der Waals surface area contributed by atoms with Crippen molar-refractivity contribution in [3.63, 3.8) is 0 Å². The lowest BCUT2D eigenvalue weighted by Gasteiger charge is -2.30. The zero-order valence-corrected chi connectivity index (χ0v) is 8.92. The molecule has 1 heterocycles. The van der Waals surface area contributed by atoms with Gasteiger partial charge in [0.1, 0.15) is 0 Å². The molecule has 78 valence electrons. The van der Waals surface area contributed by atoms with E-state index in [2.05, 4.69) is 11.9 Å². The number of rotatable bonds is 2. The number of hydrogen-bond donors (Lipinski definition) is 1. The Morgan fingerprint density at radius 3 is 3.13 bits per heavy atom. The van der Waals surface area contributed by atoms with E-state index in [0.717, 1.165) is 11.4 Å². The van der Waals surface area contributed by atoms with Crippen LogP contribution in [0.2, 0.25) is 5.02 Å². The van der Waals surface area contributed by atoms with Crippen LogP contribution in [0.4, 0.5) is 11.4 Å². The van der Waals surface area contributed by atoms with Gasteiger partial charge in [-0.25, -0.2) is 0 Å². The van der Waals surface area contributed by atoms with E-state index in [9.17, 15) is 4.79 Å². The smallest absolute Gasteiger partial charge is 0.243 e. The van der Waals surface area contributed by atoms with Crippen molar-refractivity contribution in [2.45, 2.75) is 0 Å². The summed E-state index contributed by atoms with van der Waals surface area (Å²) in [4.78, 5) is 13.3. The highest BCUT2D eigenvalue weighted by Crippen LogP contribution is 2.31. The quantitative estimate of drug-likeness (QED) is 0.779. The molecular weight excluding hydrogens is 212 g/mol. The molecule has 0 saturated heterocycles. The summed E-state index contributed by atoms with van der Waals surface area (Å²) in [6, 6.07) is 5.42. The molecule has 1 aromatic carbocycles. The van der Waals surface area contributed by atoms with E-state index in [0.29, 0.717) is 18.1 Å². The summed E-state index contributed by atoms with van der Waals surface area (Å²) < 4.78 is 0. The van der Waals surface area contributed by atoms with E-state index in [-0.39, 0.29) is 5.91 Å². The fourth-order valence-electron chi connectivity index (χ4n) is 1.64. The highest BCUT2D eigenvalue weighted by Gasteiger charge is 2.20. The molecule has 0 atom stereocenters. The second-order valence-corrected chi connectivity index (χ2v) is 3.82. The number of benzene rings is 1. The lowest BCUT2D eigenvalue weighted by Crippen LogP contribution is -2.38. The minimum atomic E-state index is -0.00771. The zero-order valence-electron chi connectivity index (χ0n) is 8.16. The average Bonchev–Trinajstić information content (AvgIpc) is 2.19. The second-order valence-electron chi connectivity index (χ2n) is 3.38. The lowest BCUT2D eigenvalue weighted by atomic mass is 10.2. The predicted octanol–water partition coefficient (Wildman–Crippen LogP) is 2.28. The number of anilines is 2. The number of carbonyl (C=O) groups is 1. The van der Waals surface area contributed by atoms with Gasteiger partial charge in [-0.05, 0) is 18.2 Å². The van der Waals surface area contributed by atoms with Gasteiger partial charge in [0.25, 0.3) is 0 Å². The third-order valence-electron chi connectivity index (χ3n) is 2.26. The van der Waals surface area contributed by atoms with Crippen molar-refractivity contribution in [3.05, 3.63) is 35.9 Å². The molecule has 0 aliphatic carbocycles. The molecule has 0 saturated carbocycles. The highest BCUT2D eigenvalue weighted by molar-refractivity contribution is 6.31. The summed E-state index contributed by atoms with van der Waals surface area (Å²) in [5, 5.41) is 3.47. The van der Waals surface area contributed by atoms with E-state index in [1.54, 1.807) is 12.1 Å². The zero-order chi connectivity index (χ0) is 10.8. The third-order valence-corrected chi connectivity index (χ3v) is 2.49. The molecule has 0 fully saturated rings. The normalized spacial score (nSPS) is 14.5. The number of nitrogens with zero attached hydrogens (tertiary/aromatic N) is 1. The maximum atomic E-state index is 11.4. The SMILES string of the molecule is C=CCN1CC(=O)Nc2ccc(Cl)cc21. The molecule has 1 aliphatic heterocycles. The van der Waals surface area contributed by atoms with Crippen LogP contribution < -0.4 is 10.2 Å². The number of nitrogens with one attached hydrogen (secondary N) is 1.